The lowest BCUT2D eigenvalue weighted by molar-refractivity contribution is 0.0806. The summed E-state index contributed by atoms with van der Waals surface area (Å²) < 4.78 is 20.9. The maximum atomic E-state index is 5.77. The summed E-state index contributed by atoms with van der Waals surface area (Å²) in [5, 5.41) is 0. The van der Waals surface area contributed by atoms with Crippen molar-refractivity contribution in [1.82, 2.24) is 0 Å². The Morgan fingerprint density at radius 2 is 1.89 bits per heavy atom. The molecule has 1 aromatic carbocycles. The molecule has 0 fully saturated rings. The van der Waals surface area contributed by atoms with Crippen LogP contribution in [0.15, 0.2) is 18.2 Å². The number of hydrogen-bond acceptors (Lipinski definition) is 5. The molecule has 0 unspecified atom stereocenters. The fraction of sp³-hybridized carbons (Fsp3) is 0.538. The van der Waals surface area contributed by atoms with Crippen LogP contribution in [0.3, 0.4) is 0 Å². The molecule has 5 nitrogen and oxygen atoms in total. The molecule has 0 saturated heterocycles. The first-order valence-corrected chi connectivity index (χ1v) is 5.91. The predicted molar refractivity (Wildman–Crippen MR) is 70.2 cm³/mol. The Hall–Kier alpha value is -1.46. The molecule has 0 heterocycles. The first-order valence-electron chi connectivity index (χ1n) is 5.91. The van der Waals surface area contributed by atoms with Gasteiger partial charge < -0.3 is 24.7 Å². The Bertz CT molecular complexity index is 344. The quantitative estimate of drug-likeness (QED) is 0.537. The van der Waals surface area contributed by atoms with Crippen LogP contribution in [-0.2, 0) is 9.47 Å². The van der Waals surface area contributed by atoms with Crippen molar-refractivity contribution in [3.8, 4) is 11.5 Å². The number of nitrogens with two attached hydrogens (primary N) is 1. The van der Waals surface area contributed by atoms with Gasteiger partial charge in [-0.3, -0.25) is 0 Å². The summed E-state index contributed by atoms with van der Waals surface area (Å²) in [5.41, 5.74) is 6.33. The zero-order chi connectivity index (χ0) is 13.2. The number of ether oxygens (including phenoxy) is 4. The zero-order valence-electron chi connectivity index (χ0n) is 11.0. The van der Waals surface area contributed by atoms with E-state index in [0.29, 0.717) is 37.0 Å². The van der Waals surface area contributed by atoms with Crippen LogP contribution < -0.4 is 15.2 Å². The van der Waals surface area contributed by atoms with E-state index >= 15 is 0 Å². The number of anilines is 1. The fourth-order valence-corrected chi connectivity index (χ4v) is 1.43. The van der Waals surface area contributed by atoms with Gasteiger partial charge in [0.05, 0.1) is 19.4 Å². The van der Waals surface area contributed by atoms with Gasteiger partial charge in [-0.25, -0.2) is 0 Å². The summed E-state index contributed by atoms with van der Waals surface area (Å²) in [5.74, 6) is 1.37. The summed E-state index contributed by atoms with van der Waals surface area (Å²) in [6, 6.07) is 5.34. The molecule has 2 N–H and O–H groups in total. The SMILES string of the molecule is COCCCOCCOc1ccc(OC)c(N)c1. The standard InChI is InChI=1S/C13H21NO4/c1-15-6-3-7-17-8-9-18-11-4-5-13(16-2)12(14)10-11/h4-5,10H,3,6-9,14H2,1-2H3. The van der Waals surface area contributed by atoms with Crippen molar-refractivity contribution in [2.24, 2.45) is 0 Å². The first-order chi connectivity index (χ1) is 8.77. The smallest absolute Gasteiger partial charge is 0.142 e. The Morgan fingerprint density at radius 1 is 1.06 bits per heavy atom. The molecular formula is C13H21NO4. The van der Waals surface area contributed by atoms with Crippen LogP contribution in [0.2, 0.25) is 0 Å². The Balaban J connectivity index is 2.17. The molecule has 0 aliphatic carbocycles. The van der Waals surface area contributed by atoms with Crippen LogP contribution in [0.1, 0.15) is 6.42 Å². The third-order valence-corrected chi connectivity index (χ3v) is 2.33. The van der Waals surface area contributed by atoms with Crippen molar-refractivity contribution < 1.29 is 18.9 Å². The summed E-state index contributed by atoms with van der Waals surface area (Å²) >= 11 is 0. The van der Waals surface area contributed by atoms with Crippen molar-refractivity contribution in [3.63, 3.8) is 0 Å². The van der Waals surface area contributed by atoms with E-state index in [2.05, 4.69) is 0 Å². The van der Waals surface area contributed by atoms with Crippen LogP contribution in [0.25, 0.3) is 0 Å². The highest BCUT2D eigenvalue weighted by atomic mass is 16.5. The summed E-state index contributed by atoms with van der Waals surface area (Å²) in [7, 11) is 3.26. The third-order valence-electron chi connectivity index (χ3n) is 2.33. The Kier molecular flexibility index (Phi) is 6.98. The van der Waals surface area contributed by atoms with Gasteiger partial charge in [-0.05, 0) is 18.6 Å². The molecule has 0 aromatic heterocycles. The number of nitrogen functional groups attached to an aromatic ring is 1. The second-order valence-corrected chi connectivity index (χ2v) is 3.71. The molecule has 0 aliphatic heterocycles. The third kappa shape index (κ3) is 5.25. The van der Waals surface area contributed by atoms with Gasteiger partial charge in [-0.1, -0.05) is 0 Å². The van der Waals surface area contributed by atoms with Crippen LogP contribution in [-0.4, -0.2) is 40.6 Å². The van der Waals surface area contributed by atoms with E-state index in [4.69, 9.17) is 24.7 Å². The number of hydrogen-bond donors (Lipinski definition) is 1. The maximum absolute atomic E-state index is 5.77. The van der Waals surface area contributed by atoms with Crippen molar-refractivity contribution in [1.29, 1.82) is 0 Å². The molecular weight excluding hydrogens is 234 g/mol. The van der Waals surface area contributed by atoms with E-state index in [9.17, 15) is 0 Å². The topological polar surface area (TPSA) is 62.9 Å². The molecule has 0 spiro atoms. The highest BCUT2D eigenvalue weighted by Crippen LogP contribution is 2.25. The van der Waals surface area contributed by atoms with Gasteiger partial charge >= 0.3 is 0 Å². The highest BCUT2D eigenvalue weighted by molar-refractivity contribution is 5.56. The van der Waals surface area contributed by atoms with Gasteiger partial charge in [-0.2, -0.15) is 0 Å². The molecule has 0 aliphatic rings. The molecule has 0 saturated carbocycles. The number of methoxy groups -OCH3 is 2. The summed E-state index contributed by atoms with van der Waals surface area (Å²) in [6.07, 6.45) is 0.895. The van der Waals surface area contributed by atoms with Crippen molar-refractivity contribution in [2.45, 2.75) is 6.42 Å². The molecule has 5 heteroatoms. The fourth-order valence-electron chi connectivity index (χ4n) is 1.43. The minimum atomic E-state index is 0.499. The Morgan fingerprint density at radius 3 is 2.56 bits per heavy atom. The van der Waals surface area contributed by atoms with Gasteiger partial charge in [0.1, 0.15) is 18.1 Å². The molecule has 102 valence electrons. The van der Waals surface area contributed by atoms with E-state index in [0.717, 1.165) is 13.0 Å². The molecule has 0 amide bonds. The minimum Gasteiger partial charge on any atom is -0.495 e. The normalized spacial score (nSPS) is 10.3. The second kappa shape index (κ2) is 8.60. The number of rotatable bonds is 9. The lowest BCUT2D eigenvalue weighted by atomic mass is 10.3. The average Bonchev–Trinajstić information content (AvgIpc) is 2.38. The van der Waals surface area contributed by atoms with Gasteiger partial charge in [0.25, 0.3) is 0 Å². The predicted octanol–water partition coefficient (Wildman–Crippen LogP) is 1.71. The van der Waals surface area contributed by atoms with Crippen LogP contribution in [0.5, 0.6) is 11.5 Å². The maximum Gasteiger partial charge on any atom is 0.142 e. The van der Waals surface area contributed by atoms with Crippen LogP contribution >= 0.6 is 0 Å². The van der Waals surface area contributed by atoms with Gasteiger partial charge in [0.15, 0.2) is 0 Å². The summed E-state index contributed by atoms with van der Waals surface area (Å²) in [6.45, 7) is 2.45. The van der Waals surface area contributed by atoms with Crippen LogP contribution in [0.4, 0.5) is 5.69 Å². The Labute approximate surface area is 108 Å². The van der Waals surface area contributed by atoms with Crippen molar-refractivity contribution in [3.05, 3.63) is 18.2 Å². The molecule has 18 heavy (non-hydrogen) atoms. The van der Waals surface area contributed by atoms with Gasteiger partial charge in [0.2, 0.25) is 0 Å². The molecule has 0 radical (unpaired) electrons. The minimum absolute atomic E-state index is 0.499. The average molecular weight is 255 g/mol. The number of benzene rings is 1. The van der Waals surface area contributed by atoms with E-state index in [1.807, 2.05) is 6.07 Å². The molecule has 1 rings (SSSR count). The van der Waals surface area contributed by atoms with Crippen molar-refractivity contribution in [2.75, 3.05) is 46.4 Å². The van der Waals surface area contributed by atoms with Gasteiger partial charge in [0, 0.05) is 26.4 Å². The molecule has 0 bridgehead atoms. The van der Waals surface area contributed by atoms with Crippen molar-refractivity contribution >= 4 is 5.69 Å². The summed E-state index contributed by atoms with van der Waals surface area (Å²) in [4.78, 5) is 0. The van der Waals surface area contributed by atoms with E-state index in [1.165, 1.54) is 0 Å². The van der Waals surface area contributed by atoms with E-state index in [-0.39, 0.29) is 0 Å². The molecule has 1 aromatic rings. The lowest BCUT2D eigenvalue weighted by Crippen LogP contribution is -2.08. The monoisotopic (exact) mass is 255 g/mol. The van der Waals surface area contributed by atoms with E-state index < -0.39 is 0 Å². The second-order valence-electron chi connectivity index (χ2n) is 3.71. The lowest BCUT2D eigenvalue weighted by Gasteiger charge is -2.09. The molecule has 0 atom stereocenters. The first kappa shape index (κ1) is 14.6. The van der Waals surface area contributed by atoms with Crippen LogP contribution in [0, 0.1) is 0 Å². The van der Waals surface area contributed by atoms with E-state index in [1.54, 1.807) is 26.4 Å². The van der Waals surface area contributed by atoms with Gasteiger partial charge in [-0.15, -0.1) is 0 Å². The highest BCUT2D eigenvalue weighted by Gasteiger charge is 2.01. The largest absolute Gasteiger partial charge is 0.495 e. The zero-order valence-corrected chi connectivity index (χ0v) is 11.0.